The summed E-state index contributed by atoms with van der Waals surface area (Å²) in [7, 11) is 0. The first-order valence-corrected chi connectivity index (χ1v) is 6.81. The van der Waals surface area contributed by atoms with E-state index in [0.717, 1.165) is 17.0 Å². The minimum absolute atomic E-state index is 0.455. The first kappa shape index (κ1) is 13.5. The Labute approximate surface area is 123 Å². The summed E-state index contributed by atoms with van der Waals surface area (Å²) in [6.07, 6.45) is 3.66. The maximum atomic E-state index is 5.64. The van der Waals surface area contributed by atoms with E-state index < -0.39 is 0 Å². The van der Waals surface area contributed by atoms with Gasteiger partial charge in [0.25, 0.3) is 0 Å². The molecular formula is C16H16N4O. The zero-order valence-electron chi connectivity index (χ0n) is 11.6. The maximum absolute atomic E-state index is 5.64. The van der Waals surface area contributed by atoms with Crippen LogP contribution in [0.5, 0.6) is 0 Å². The Morgan fingerprint density at radius 1 is 0.905 bits per heavy atom. The van der Waals surface area contributed by atoms with Crippen LogP contribution in [0.1, 0.15) is 17.0 Å². The zero-order valence-corrected chi connectivity index (χ0v) is 11.6. The molecule has 0 saturated carbocycles. The number of benzene rings is 1. The molecule has 0 amide bonds. The largest absolute Gasteiger partial charge is 0.370 e. The first-order chi connectivity index (χ1) is 10.4. The highest BCUT2D eigenvalue weighted by Gasteiger charge is 2.02. The zero-order chi connectivity index (χ0) is 14.3. The topological polar surface area (TPSA) is 52.8 Å². The van der Waals surface area contributed by atoms with Crippen molar-refractivity contribution >= 4 is 0 Å². The van der Waals surface area contributed by atoms with Crippen molar-refractivity contribution in [1.29, 1.82) is 0 Å². The van der Waals surface area contributed by atoms with Crippen molar-refractivity contribution < 1.29 is 4.74 Å². The Kier molecular flexibility index (Phi) is 4.33. The van der Waals surface area contributed by atoms with Gasteiger partial charge in [0, 0.05) is 6.20 Å². The van der Waals surface area contributed by atoms with E-state index in [2.05, 4.69) is 15.3 Å². The summed E-state index contributed by atoms with van der Waals surface area (Å²) in [6, 6.07) is 15.9. The highest BCUT2D eigenvalue weighted by molar-refractivity contribution is 5.13. The molecule has 0 bridgehead atoms. The fourth-order valence-electron chi connectivity index (χ4n) is 1.99. The Morgan fingerprint density at radius 3 is 2.57 bits per heavy atom. The molecule has 2 heterocycles. The highest BCUT2D eigenvalue weighted by atomic mass is 16.5. The van der Waals surface area contributed by atoms with Gasteiger partial charge in [-0.3, -0.25) is 4.98 Å². The second-order valence-electron chi connectivity index (χ2n) is 4.71. The Hall–Kier alpha value is -2.53. The van der Waals surface area contributed by atoms with Crippen LogP contribution in [-0.2, 0) is 24.5 Å². The molecule has 3 rings (SSSR count). The Bertz CT molecular complexity index is 667. The van der Waals surface area contributed by atoms with E-state index >= 15 is 0 Å². The molecule has 0 atom stereocenters. The van der Waals surface area contributed by atoms with E-state index in [1.165, 1.54) is 0 Å². The van der Waals surface area contributed by atoms with Crippen LogP contribution in [0.4, 0.5) is 0 Å². The number of nitrogens with zero attached hydrogens (tertiary/aromatic N) is 4. The van der Waals surface area contributed by atoms with Gasteiger partial charge in [0.1, 0.15) is 5.69 Å². The fourth-order valence-corrected chi connectivity index (χ4v) is 1.99. The summed E-state index contributed by atoms with van der Waals surface area (Å²) in [5.41, 5.74) is 2.93. The van der Waals surface area contributed by atoms with Crippen LogP contribution >= 0.6 is 0 Å². The second kappa shape index (κ2) is 6.76. The van der Waals surface area contributed by atoms with Gasteiger partial charge < -0.3 is 4.74 Å². The molecule has 0 spiro atoms. The van der Waals surface area contributed by atoms with Crippen molar-refractivity contribution in [3.8, 4) is 0 Å². The van der Waals surface area contributed by atoms with Crippen molar-refractivity contribution in [2.24, 2.45) is 0 Å². The van der Waals surface area contributed by atoms with E-state index in [4.69, 9.17) is 4.74 Å². The number of ether oxygens (including phenoxy) is 1. The molecule has 0 radical (unpaired) electrons. The van der Waals surface area contributed by atoms with Crippen LogP contribution in [0, 0.1) is 0 Å². The van der Waals surface area contributed by atoms with Crippen molar-refractivity contribution in [3.63, 3.8) is 0 Å². The molecule has 2 aromatic heterocycles. The van der Waals surface area contributed by atoms with Crippen molar-refractivity contribution in [3.05, 3.63) is 77.9 Å². The van der Waals surface area contributed by atoms with Gasteiger partial charge in [-0.05, 0) is 17.7 Å². The number of rotatable bonds is 6. The third kappa shape index (κ3) is 3.97. The quantitative estimate of drug-likeness (QED) is 0.696. The lowest BCUT2D eigenvalue weighted by molar-refractivity contribution is 0.104. The van der Waals surface area contributed by atoms with Crippen molar-refractivity contribution in [2.45, 2.75) is 19.8 Å². The Morgan fingerprint density at radius 2 is 1.76 bits per heavy atom. The van der Waals surface area contributed by atoms with Gasteiger partial charge >= 0.3 is 0 Å². The average molecular weight is 280 g/mol. The molecule has 0 unspecified atom stereocenters. The predicted octanol–water partition coefficient (Wildman–Crippen LogP) is 2.44. The van der Waals surface area contributed by atoms with E-state index in [9.17, 15) is 0 Å². The van der Waals surface area contributed by atoms with Crippen LogP contribution in [0.25, 0.3) is 0 Å². The fraction of sp³-hybridized carbons (Fsp3) is 0.188. The van der Waals surface area contributed by atoms with Crippen LogP contribution in [-0.4, -0.2) is 20.0 Å². The van der Waals surface area contributed by atoms with Gasteiger partial charge in [0.15, 0.2) is 0 Å². The summed E-state index contributed by atoms with van der Waals surface area (Å²) in [4.78, 5) is 4.27. The molecule has 5 nitrogen and oxygen atoms in total. The molecule has 106 valence electrons. The molecule has 0 aliphatic heterocycles. The lowest BCUT2D eigenvalue weighted by atomic mass is 10.2. The lowest BCUT2D eigenvalue weighted by Gasteiger charge is -2.01. The second-order valence-corrected chi connectivity index (χ2v) is 4.71. The summed E-state index contributed by atoms with van der Waals surface area (Å²) in [6.45, 7) is 1.65. The van der Waals surface area contributed by atoms with E-state index in [1.807, 2.05) is 54.7 Å². The van der Waals surface area contributed by atoms with E-state index in [-0.39, 0.29) is 0 Å². The summed E-state index contributed by atoms with van der Waals surface area (Å²) >= 11 is 0. The van der Waals surface area contributed by atoms with Gasteiger partial charge in [-0.2, -0.15) is 0 Å². The molecular weight excluding hydrogens is 264 g/mol. The molecule has 21 heavy (non-hydrogen) atoms. The maximum Gasteiger partial charge on any atom is 0.108 e. The normalized spacial score (nSPS) is 10.7. The molecule has 0 aliphatic carbocycles. The minimum Gasteiger partial charge on any atom is -0.370 e. The van der Waals surface area contributed by atoms with E-state index in [0.29, 0.717) is 19.8 Å². The molecule has 0 fully saturated rings. The van der Waals surface area contributed by atoms with Crippen LogP contribution in [0.2, 0.25) is 0 Å². The molecule has 1 aromatic carbocycles. The summed E-state index contributed by atoms with van der Waals surface area (Å²) in [5.74, 6) is 0. The van der Waals surface area contributed by atoms with Crippen molar-refractivity contribution in [2.75, 3.05) is 0 Å². The summed E-state index contributed by atoms with van der Waals surface area (Å²) < 4.78 is 7.41. The number of hydrogen-bond donors (Lipinski definition) is 0. The Balaban J connectivity index is 1.51. The van der Waals surface area contributed by atoms with Gasteiger partial charge in [-0.15, -0.1) is 5.10 Å². The third-order valence-electron chi connectivity index (χ3n) is 3.00. The van der Waals surface area contributed by atoms with Crippen LogP contribution in [0.15, 0.2) is 60.9 Å². The van der Waals surface area contributed by atoms with Gasteiger partial charge in [0.2, 0.25) is 0 Å². The van der Waals surface area contributed by atoms with E-state index in [1.54, 1.807) is 10.9 Å². The van der Waals surface area contributed by atoms with Crippen molar-refractivity contribution in [1.82, 2.24) is 20.0 Å². The third-order valence-corrected chi connectivity index (χ3v) is 3.00. The minimum atomic E-state index is 0.455. The average Bonchev–Trinajstić information content (AvgIpc) is 2.97. The number of pyridine rings is 1. The number of hydrogen-bond acceptors (Lipinski definition) is 4. The highest BCUT2D eigenvalue weighted by Crippen LogP contribution is 2.04. The SMILES string of the molecule is c1ccc(COCc2cn(Cc3ccccn3)nn2)cc1. The lowest BCUT2D eigenvalue weighted by Crippen LogP contribution is -2.01. The van der Waals surface area contributed by atoms with Crippen LogP contribution in [0.3, 0.4) is 0 Å². The van der Waals surface area contributed by atoms with Gasteiger partial charge in [-0.1, -0.05) is 41.6 Å². The molecule has 0 aliphatic rings. The molecule has 3 aromatic rings. The molecule has 5 heteroatoms. The number of aromatic nitrogens is 4. The standard InChI is InChI=1S/C16H16N4O/c1-2-6-14(7-3-1)12-21-13-16-11-20(19-18-16)10-15-8-4-5-9-17-15/h1-9,11H,10,12-13H2. The smallest absolute Gasteiger partial charge is 0.108 e. The van der Waals surface area contributed by atoms with Gasteiger partial charge in [0.05, 0.1) is 31.6 Å². The molecule has 0 saturated heterocycles. The summed E-state index contributed by atoms with van der Waals surface area (Å²) in [5, 5.41) is 8.19. The van der Waals surface area contributed by atoms with Gasteiger partial charge in [-0.25, -0.2) is 4.68 Å². The first-order valence-electron chi connectivity index (χ1n) is 6.81. The predicted molar refractivity (Wildman–Crippen MR) is 78.3 cm³/mol. The monoisotopic (exact) mass is 280 g/mol. The molecule has 0 N–H and O–H groups in total. The van der Waals surface area contributed by atoms with Crippen LogP contribution < -0.4 is 0 Å².